The number of fused-ring (bicyclic) bond motifs is 5. The van der Waals surface area contributed by atoms with Gasteiger partial charge in [-0.1, -0.05) is 20.8 Å². The molecule has 1 heteroatoms. The van der Waals surface area contributed by atoms with Crippen LogP contribution in [-0.4, -0.2) is 5.67 Å². The fraction of sp³-hybridized carbons (Fsp3) is 1.00. The Kier molecular flexibility index (Phi) is 3.49. The normalized spacial score (nSPS) is 51.7. The Labute approximate surface area is 136 Å². The summed E-state index contributed by atoms with van der Waals surface area (Å²) < 4.78 is 14.4. The van der Waals surface area contributed by atoms with Crippen LogP contribution in [0.5, 0.6) is 0 Å². The Balaban J connectivity index is 1.42. The number of alkyl halides is 1. The van der Waals surface area contributed by atoms with Gasteiger partial charge in [0.2, 0.25) is 0 Å². The molecule has 0 aromatic carbocycles. The molecule has 0 amide bonds. The molecule has 5 rings (SSSR count). The number of hydrogen-bond acceptors (Lipinski definition) is 0. The van der Waals surface area contributed by atoms with Crippen LogP contribution in [-0.2, 0) is 0 Å². The highest BCUT2D eigenvalue weighted by Gasteiger charge is 2.55. The molecule has 126 valence electrons. The van der Waals surface area contributed by atoms with Crippen molar-refractivity contribution in [1.29, 1.82) is 0 Å². The molecule has 0 spiro atoms. The zero-order chi connectivity index (χ0) is 15.6. The van der Waals surface area contributed by atoms with Crippen LogP contribution in [0.4, 0.5) is 4.39 Å². The summed E-state index contributed by atoms with van der Waals surface area (Å²) in [7, 11) is 0. The molecule has 0 aromatic heterocycles. The number of rotatable bonds is 4. The Bertz CT molecular complexity index is 415. The highest BCUT2D eigenvalue weighted by Crippen LogP contribution is 2.64. The zero-order valence-electron chi connectivity index (χ0n) is 15.0. The third-order valence-corrected chi connectivity index (χ3v) is 9.16. The van der Waals surface area contributed by atoms with Crippen LogP contribution in [0, 0.1) is 34.5 Å². The highest BCUT2D eigenvalue weighted by molar-refractivity contribution is 5.05. The fourth-order valence-corrected chi connectivity index (χ4v) is 7.12. The fourth-order valence-electron chi connectivity index (χ4n) is 7.12. The van der Waals surface area contributed by atoms with Gasteiger partial charge in [0.05, 0.1) is 0 Å². The molecule has 0 aromatic rings. The van der Waals surface area contributed by atoms with E-state index in [2.05, 4.69) is 20.8 Å². The molecule has 0 saturated heterocycles. The van der Waals surface area contributed by atoms with Crippen molar-refractivity contribution in [3.8, 4) is 0 Å². The summed E-state index contributed by atoms with van der Waals surface area (Å²) >= 11 is 0. The first-order chi connectivity index (χ1) is 10.4. The Morgan fingerprint density at radius 1 is 0.864 bits per heavy atom. The summed E-state index contributed by atoms with van der Waals surface area (Å²) in [5, 5.41) is 0. The van der Waals surface area contributed by atoms with E-state index in [0.29, 0.717) is 10.8 Å². The molecule has 4 unspecified atom stereocenters. The minimum Gasteiger partial charge on any atom is -0.244 e. The van der Waals surface area contributed by atoms with Crippen LogP contribution in [0.1, 0.15) is 91.4 Å². The first-order valence-electron chi connectivity index (χ1n) is 10.1. The van der Waals surface area contributed by atoms with Gasteiger partial charge < -0.3 is 0 Å². The topological polar surface area (TPSA) is 0 Å². The maximum Gasteiger partial charge on any atom is 0.111 e. The van der Waals surface area contributed by atoms with Crippen molar-refractivity contribution in [2.45, 2.75) is 97.1 Å². The number of halogens is 1. The average Bonchev–Trinajstić information content (AvgIpc) is 3.08. The molecule has 0 N–H and O–H groups in total. The molecule has 22 heavy (non-hydrogen) atoms. The molecule has 0 heterocycles. The molecule has 5 aliphatic carbocycles. The van der Waals surface area contributed by atoms with Gasteiger partial charge in [-0.3, -0.25) is 0 Å². The Morgan fingerprint density at radius 2 is 1.50 bits per heavy atom. The first kappa shape index (κ1) is 15.5. The molecule has 5 fully saturated rings. The monoisotopic (exact) mass is 306 g/mol. The minimum atomic E-state index is -0.768. The van der Waals surface area contributed by atoms with E-state index in [1.54, 1.807) is 0 Å². The van der Waals surface area contributed by atoms with E-state index in [1.807, 2.05) is 0 Å². The lowest BCUT2D eigenvalue weighted by Gasteiger charge is -2.53. The molecule has 0 radical (unpaired) electrons. The Morgan fingerprint density at radius 3 is 2.05 bits per heavy atom. The second kappa shape index (κ2) is 4.96. The van der Waals surface area contributed by atoms with Crippen molar-refractivity contribution >= 4 is 0 Å². The summed E-state index contributed by atoms with van der Waals surface area (Å²) in [4.78, 5) is 0. The van der Waals surface area contributed by atoms with Gasteiger partial charge in [-0.25, -0.2) is 4.39 Å². The highest BCUT2D eigenvalue weighted by atomic mass is 19.1. The second-order valence-corrected chi connectivity index (χ2v) is 10.1. The van der Waals surface area contributed by atoms with Gasteiger partial charge in [0, 0.05) is 0 Å². The van der Waals surface area contributed by atoms with Crippen molar-refractivity contribution in [3.05, 3.63) is 0 Å². The lowest BCUT2D eigenvalue weighted by molar-refractivity contribution is -0.0679. The third-order valence-electron chi connectivity index (χ3n) is 9.16. The van der Waals surface area contributed by atoms with Crippen LogP contribution < -0.4 is 0 Å². The van der Waals surface area contributed by atoms with Gasteiger partial charge in [-0.05, 0) is 105 Å². The smallest absolute Gasteiger partial charge is 0.111 e. The molecular formula is C21H35F. The number of hydrogen-bond donors (Lipinski definition) is 0. The van der Waals surface area contributed by atoms with E-state index in [9.17, 15) is 4.39 Å². The predicted molar refractivity (Wildman–Crippen MR) is 90.5 cm³/mol. The maximum absolute atomic E-state index is 14.4. The van der Waals surface area contributed by atoms with Crippen LogP contribution in [0.3, 0.4) is 0 Å². The van der Waals surface area contributed by atoms with Crippen molar-refractivity contribution in [2.75, 3.05) is 0 Å². The standard InChI is InChI=1S/C21H35F/c1-15(2)20-5-4-17(13-20)18(14-20)12-16(3)19-6-9-21(22,10-7-19)11-8-19/h15-18H,4-14H2,1-3H3. The predicted octanol–water partition coefficient (Wildman–Crippen LogP) is 6.54. The van der Waals surface area contributed by atoms with Crippen LogP contribution in [0.15, 0.2) is 0 Å². The van der Waals surface area contributed by atoms with E-state index < -0.39 is 5.67 Å². The van der Waals surface area contributed by atoms with Crippen molar-refractivity contribution < 1.29 is 4.39 Å². The average molecular weight is 307 g/mol. The van der Waals surface area contributed by atoms with Gasteiger partial charge in [0.1, 0.15) is 5.67 Å². The minimum absolute atomic E-state index is 0.515. The summed E-state index contributed by atoms with van der Waals surface area (Å²) in [5.41, 5.74) is 0.441. The maximum atomic E-state index is 14.4. The summed E-state index contributed by atoms with van der Waals surface area (Å²) in [6.45, 7) is 7.43. The van der Waals surface area contributed by atoms with Crippen LogP contribution in [0.2, 0.25) is 0 Å². The lowest BCUT2D eigenvalue weighted by Crippen LogP contribution is -2.46. The van der Waals surface area contributed by atoms with Gasteiger partial charge in [0.25, 0.3) is 0 Å². The van der Waals surface area contributed by atoms with Crippen molar-refractivity contribution in [2.24, 2.45) is 34.5 Å². The van der Waals surface area contributed by atoms with E-state index in [4.69, 9.17) is 0 Å². The quantitative estimate of drug-likeness (QED) is 0.553. The summed E-state index contributed by atoms with van der Waals surface area (Å²) in [6, 6.07) is 0. The van der Waals surface area contributed by atoms with Gasteiger partial charge >= 0.3 is 0 Å². The van der Waals surface area contributed by atoms with E-state index in [-0.39, 0.29) is 0 Å². The largest absolute Gasteiger partial charge is 0.244 e. The first-order valence-corrected chi connectivity index (χ1v) is 10.1. The molecular weight excluding hydrogens is 271 g/mol. The van der Waals surface area contributed by atoms with Gasteiger partial charge in [-0.2, -0.15) is 0 Å². The SMILES string of the molecule is CC(C)C12CCC(C1)C(CC(C)C13CCC(F)(CC1)CC3)C2. The molecule has 0 aliphatic heterocycles. The van der Waals surface area contributed by atoms with E-state index >= 15 is 0 Å². The van der Waals surface area contributed by atoms with Gasteiger partial charge in [-0.15, -0.1) is 0 Å². The lowest BCUT2D eigenvalue weighted by atomic mass is 9.53. The molecule has 4 bridgehead atoms. The summed E-state index contributed by atoms with van der Waals surface area (Å²) in [5.74, 6) is 3.70. The van der Waals surface area contributed by atoms with E-state index in [0.717, 1.165) is 42.9 Å². The molecule has 0 nitrogen and oxygen atoms in total. The third kappa shape index (κ3) is 2.20. The molecule has 5 saturated carbocycles. The van der Waals surface area contributed by atoms with E-state index in [1.165, 1.54) is 51.4 Å². The second-order valence-electron chi connectivity index (χ2n) is 10.1. The van der Waals surface area contributed by atoms with Crippen molar-refractivity contribution in [3.63, 3.8) is 0 Å². The van der Waals surface area contributed by atoms with Crippen molar-refractivity contribution in [1.82, 2.24) is 0 Å². The zero-order valence-corrected chi connectivity index (χ0v) is 15.0. The van der Waals surface area contributed by atoms with Crippen LogP contribution in [0.25, 0.3) is 0 Å². The molecule has 4 atom stereocenters. The van der Waals surface area contributed by atoms with Gasteiger partial charge in [0.15, 0.2) is 0 Å². The molecule has 5 aliphatic rings. The summed E-state index contributed by atoms with van der Waals surface area (Å²) in [6.07, 6.45) is 13.6. The Hall–Kier alpha value is -0.0700. The van der Waals surface area contributed by atoms with Crippen LogP contribution >= 0.6 is 0 Å².